The van der Waals surface area contributed by atoms with E-state index in [9.17, 15) is 14.9 Å². The van der Waals surface area contributed by atoms with E-state index in [1.165, 1.54) is 23.5 Å². The molecule has 0 spiro atoms. The molecule has 0 radical (unpaired) electrons. The first kappa shape index (κ1) is 19.1. The first-order chi connectivity index (χ1) is 14.0. The Morgan fingerprint density at radius 1 is 1.21 bits per heavy atom. The van der Waals surface area contributed by atoms with Crippen molar-refractivity contribution >= 4 is 34.3 Å². The Kier molecular flexibility index (Phi) is 5.02. The molecule has 0 bridgehead atoms. The normalized spacial score (nSPS) is 16.3. The quantitative estimate of drug-likeness (QED) is 0.468. The molecule has 4 rings (SSSR count). The molecule has 8 heteroatoms. The fraction of sp³-hybridized carbons (Fsp3) is 0.238. The number of fused-ring (bicyclic) bond motifs is 1. The summed E-state index contributed by atoms with van der Waals surface area (Å²) in [6.07, 6.45) is 0.846. The van der Waals surface area contributed by atoms with Crippen LogP contribution in [0.25, 0.3) is 10.6 Å². The van der Waals surface area contributed by atoms with Crippen LogP contribution in [0.5, 0.6) is 0 Å². The molecule has 29 heavy (non-hydrogen) atoms. The van der Waals surface area contributed by atoms with E-state index in [2.05, 4.69) is 9.88 Å². The fourth-order valence-corrected chi connectivity index (χ4v) is 4.34. The van der Waals surface area contributed by atoms with Crippen LogP contribution in [0.3, 0.4) is 0 Å². The van der Waals surface area contributed by atoms with Crippen LogP contribution in [0.2, 0.25) is 0 Å². The van der Waals surface area contributed by atoms with E-state index in [0.29, 0.717) is 16.3 Å². The zero-order valence-electron chi connectivity index (χ0n) is 16.1. The number of nitro benzene ring substituents is 1. The predicted molar refractivity (Wildman–Crippen MR) is 115 cm³/mol. The van der Waals surface area contributed by atoms with Crippen molar-refractivity contribution in [1.82, 2.24) is 4.98 Å². The number of rotatable bonds is 3. The van der Waals surface area contributed by atoms with Crippen LogP contribution in [-0.2, 0) is 0 Å². The zero-order valence-corrected chi connectivity index (χ0v) is 16.9. The maximum absolute atomic E-state index is 13.4. The number of benzene rings is 2. The number of para-hydroxylation sites is 2. The van der Waals surface area contributed by atoms with Gasteiger partial charge in [-0.2, -0.15) is 0 Å². The molecule has 1 aromatic heterocycles. The third-order valence-corrected chi connectivity index (χ3v) is 6.01. The molecule has 0 fully saturated rings. The summed E-state index contributed by atoms with van der Waals surface area (Å²) < 4.78 is 0. The van der Waals surface area contributed by atoms with Gasteiger partial charge >= 0.3 is 0 Å². The molecular formula is C21H20N4O3S. The van der Waals surface area contributed by atoms with E-state index < -0.39 is 4.92 Å². The first-order valence-electron chi connectivity index (χ1n) is 9.30. The predicted octanol–water partition coefficient (Wildman–Crippen LogP) is 4.59. The second-order valence-electron chi connectivity index (χ2n) is 7.07. The number of carbonyl (C=O) groups is 1. The summed E-state index contributed by atoms with van der Waals surface area (Å²) in [6.45, 7) is 2.90. The second kappa shape index (κ2) is 7.63. The van der Waals surface area contributed by atoms with Crippen molar-refractivity contribution in [2.24, 2.45) is 0 Å². The molecule has 1 atom stereocenters. The molecule has 1 amide bonds. The van der Waals surface area contributed by atoms with Crippen LogP contribution in [0.1, 0.15) is 23.8 Å². The number of non-ortho nitro benzene ring substituents is 1. The highest BCUT2D eigenvalue weighted by Gasteiger charge is 2.30. The van der Waals surface area contributed by atoms with Gasteiger partial charge < -0.3 is 9.80 Å². The Balaban J connectivity index is 1.69. The van der Waals surface area contributed by atoms with E-state index >= 15 is 0 Å². The van der Waals surface area contributed by atoms with Crippen molar-refractivity contribution < 1.29 is 9.72 Å². The van der Waals surface area contributed by atoms with Crippen LogP contribution in [0.4, 0.5) is 17.1 Å². The number of aromatic nitrogens is 1. The number of amides is 1. The van der Waals surface area contributed by atoms with Gasteiger partial charge in [-0.3, -0.25) is 14.9 Å². The lowest BCUT2D eigenvalue weighted by atomic mass is 10.1. The van der Waals surface area contributed by atoms with Crippen molar-refractivity contribution in [2.75, 3.05) is 23.4 Å². The van der Waals surface area contributed by atoms with Gasteiger partial charge in [-0.05, 0) is 25.5 Å². The summed E-state index contributed by atoms with van der Waals surface area (Å²) in [5.74, 6) is -0.159. The average molecular weight is 408 g/mol. The number of anilines is 2. The highest BCUT2D eigenvalue weighted by molar-refractivity contribution is 7.13. The van der Waals surface area contributed by atoms with Gasteiger partial charge in [0.1, 0.15) is 10.7 Å². The third kappa shape index (κ3) is 3.58. The van der Waals surface area contributed by atoms with Crippen molar-refractivity contribution in [3.63, 3.8) is 0 Å². The lowest BCUT2D eigenvalue weighted by Crippen LogP contribution is -2.38. The number of hydrogen-bond acceptors (Lipinski definition) is 6. The maximum atomic E-state index is 13.4. The molecule has 2 aromatic carbocycles. The Hall–Kier alpha value is -3.26. The highest BCUT2D eigenvalue weighted by Crippen LogP contribution is 2.35. The SMILES string of the molecule is C[C@H]1CCN(C)c2ccccc2N1C(=O)c1csc(-c2cccc([N+](=O)[O-])c2)n1. The highest BCUT2D eigenvalue weighted by atomic mass is 32.1. The Morgan fingerprint density at radius 3 is 2.72 bits per heavy atom. The fourth-order valence-electron chi connectivity index (χ4n) is 3.55. The molecule has 3 aromatic rings. The Labute approximate surface area is 172 Å². The Morgan fingerprint density at radius 2 is 1.97 bits per heavy atom. The molecular weight excluding hydrogens is 388 g/mol. The van der Waals surface area contributed by atoms with E-state index in [1.807, 2.05) is 43.1 Å². The number of thiazole rings is 1. The van der Waals surface area contributed by atoms with Crippen LogP contribution in [-0.4, -0.2) is 35.4 Å². The van der Waals surface area contributed by atoms with Crippen LogP contribution >= 0.6 is 11.3 Å². The van der Waals surface area contributed by atoms with Gasteiger partial charge in [0.05, 0.1) is 16.3 Å². The molecule has 2 heterocycles. The topological polar surface area (TPSA) is 79.6 Å². The third-order valence-electron chi connectivity index (χ3n) is 5.12. The minimum Gasteiger partial charge on any atom is -0.373 e. The summed E-state index contributed by atoms with van der Waals surface area (Å²) in [5, 5.41) is 13.4. The van der Waals surface area contributed by atoms with Gasteiger partial charge in [-0.15, -0.1) is 11.3 Å². The van der Waals surface area contributed by atoms with Gasteiger partial charge in [-0.1, -0.05) is 24.3 Å². The lowest BCUT2D eigenvalue weighted by Gasteiger charge is -2.28. The summed E-state index contributed by atoms with van der Waals surface area (Å²) in [6, 6.07) is 14.2. The first-order valence-corrected chi connectivity index (χ1v) is 10.2. The van der Waals surface area contributed by atoms with Gasteiger partial charge in [0.2, 0.25) is 0 Å². The number of carbonyl (C=O) groups excluding carboxylic acids is 1. The van der Waals surface area contributed by atoms with Crippen LogP contribution < -0.4 is 9.80 Å². The van der Waals surface area contributed by atoms with Crippen molar-refractivity contribution in [2.45, 2.75) is 19.4 Å². The Bertz CT molecular complexity index is 1080. The molecule has 0 saturated carbocycles. The van der Waals surface area contributed by atoms with E-state index in [1.54, 1.807) is 17.5 Å². The largest absolute Gasteiger partial charge is 0.373 e. The monoisotopic (exact) mass is 408 g/mol. The van der Waals surface area contributed by atoms with Crippen molar-refractivity contribution in [1.29, 1.82) is 0 Å². The minimum atomic E-state index is -0.435. The van der Waals surface area contributed by atoms with Gasteiger partial charge in [0.25, 0.3) is 11.6 Å². The van der Waals surface area contributed by atoms with Crippen molar-refractivity contribution in [3.8, 4) is 10.6 Å². The second-order valence-corrected chi connectivity index (χ2v) is 7.93. The molecule has 7 nitrogen and oxygen atoms in total. The number of nitrogens with zero attached hydrogens (tertiary/aromatic N) is 4. The molecule has 148 valence electrons. The maximum Gasteiger partial charge on any atom is 0.278 e. The zero-order chi connectivity index (χ0) is 20.5. The molecule has 1 aliphatic rings. The minimum absolute atomic E-state index is 0.00341. The molecule has 0 saturated heterocycles. The van der Waals surface area contributed by atoms with E-state index in [4.69, 9.17) is 0 Å². The smallest absolute Gasteiger partial charge is 0.278 e. The lowest BCUT2D eigenvalue weighted by molar-refractivity contribution is -0.384. The summed E-state index contributed by atoms with van der Waals surface area (Å²) in [5.41, 5.74) is 2.87. The number of nitro groups is 1. The summed E-state index contributed by atoms with van der Waals surface area (Å²) in [4.78, 5) is 32.5. The van der Waals surface area contributed by atoms with Crippen molar-refractivity contribution in [3.05, 3.63) is 69.7 Å². The average Bonchev–Trinajstić information content (AvgIpc) is 3.18. The van der Waals surface area contributed by atoms with Gasteiger partial charge in [0, 0.05) is 42.7 Å². The molecule has 0 unspecified atom stereocenters. The number of hydrogen-bond donors (Lipinski definition) is 0. The van der Waals surface area contributed by atoms with E-state index in [0.717, 1.165) is 24.3 Å². The molecule has 0 N–H and O–H groups in total. The van der Waals surface area contributed by atoms with Crippen LogP contribution in [0, 0.1) is 10.1 Å². The van der Waals surface area contributed by atoms with E-state index in [-0.39, 0.29) is 17.6 Å². The van der Waals surface area contributed by atoms with Crippen LogP contribution in [0.15, 0.2) is 53.9 Å². The summed E-state index contributed by atoms with van der Waals surface area (Å²) in [7, 11) is 2.03. The van der Waals surface area contributed by atoms with Gasteiger partial charge in [0.15, 0.2) is 0 Å². The molecule has 0 aliphatic carbocycles. The standard InChI is InChI=1S/C21H20N4O3S/c1-14-10-11-23(2)18-8-3-4-9-19(18)24(14)21(26)17-13-29-20(22-17)15-6-5-7-16(12-15)25(27)28/h3-9,12-14H,10-11H2,1-2H3/t14-/m0/s1. The van der Waals surface area contributed by atoms with Gasteiger partial charge in [-0.25, -0.2) is 4.98 Å². The summed E-state index contributed by atoms with van der Waals surface area (Å²) >= 11 is 1.31. The molecule has 1 aliphatic heterocycles.